The minimum absolute atomic E-state index is 0.0664. The Balaban J connectivity index is 2.72. The normalized spacial score (nSPS) is 10.3. The third kappa shape index (κ3) is 4.34. The second kappa shape index (κ2) is 7.27. The molecule has 0 saturated carbocycles. The minimum Gasteiger partial charge on any atom is -0.395 e. The van der Waals surface area contributed by atoms with Gasteiger partial charge in [0.1, 0.15) is 0 Å². The molecule has 5 heteroatoms. The Labute approximate surface area is 106 Å². The predicted octanol–water partition coefficient (Wildman–Crippen LogP) is 1.42. The Morgan fingerprint density at radius 3 is 2.53 bits per heavy atom. The molecule has 17 heavy (non-hydrogen) atoms. The number of ether oxygens (including phenoxy) is 1. The summed E-state index contributed by atoms with van der Waals surface area (Å²) in [5.41, 5.74) is 0.555. The van der Waals surface area contributed by atoms with Crippen molar-refractivity contribution in [3.8, 4) is 0 Å². The second-order valence-electron chi connectivity index (χ2n) is 3.52. The van der Waals surface area contributed by atoms with Crippen LogP contribution in [0.15, 0.2) is 24.3 Å². The van der Waals surface area contributed by atoms with Gasteiger partial charge in [-0.2, -0.15) is 0 Å². The van der Waals surface area contributed by atoms with Gasteiger partial charge >= 0.3 is 0 Å². The first-order valence-electron chi connectivity index (χ1n) is 5.33. The zero-order valence-corrected chi connectivity index (χ0v) is 10.5. The van der Waals surface area contributed by atoms with Crippen LogP contribution in [0.4, 0.5) is 0 Å². The molecule has 0 atom stereocenters. The Morgan fingerprint density at radius 2 is 2.00 bits per heavy atom. The van der Waals surface area contributed by atoms with Gasteiger partial charge < -0.3 is 14.7 Å². The van der Waals surface area contributed by atoms with Crippen LogP contribution < -0.4 is 0 Å². The molecule has 0 saturated heterocycles. The Hall–Kier alpha value is -1.10. The Kier molecular flexibility index (Phi) is 5.97. The molecule has 4 nitrogen and oxygen atoms in total. The van der Waals surface area contributed by atoms with Gasteiger partial charge in [-0.3, -0.25) is 4.79 Å². The monoisotopic (exact) mass is 257 g/mol. The molecule has 1 amide bonds. The summed E-state index contributed by atoms with van der Waals surface area (Å²) in [6.07, 6.45) is 0. The van der Waals surface area contributed by atoms with E-state index in [1.165, 1.54) is 0 Å². The van der Waals surface area contributed by atoms with Crippen LogP contribution in [0.5, 0.6) is 0 Å². The van der Waals surface area contributed by atoms with E-state index in [-0.39, 0.29) is 12.5 Å². The molecule has 0 radical (unpaired) electrons. The van der Waals surface area contributed by atoms with Crippen LogP contribution in [0.3, 0.4) is 0 Å². The van der Waals surface area contributed by atoms with Crippen molar-refractivity contribution < 1.29 is 14.6 Å². The summed E-state index contributed by atoms with van der Waals surface area (Å²) in [7, 11) is 1.57. The second-order valence-corrected chi connectivity index (χ2v) is 3.95. The maximum absolute atomic E-state index is 12.1. The van der Waals surface area contributed by atoms with E-state index in [1.807, 2.05) is 0 Å². The molecule has 0 aliphatic rings. The Morgan fingerprint density at radius 1 is 1.35 bits per heavy atom. The third-order valence-electron chi connectivity index (χ3n) is 2.31. The van der Waals surface area contributed by atoms with Crippen LogP contribution in [0.25, 0.3) is 0 Å². The van der Waals surface area contributed by atoms with Crippen molar-refractivity contribution in [3.05, 3.63) is 34.9 Å². The van der Waals surface area contributed by atoms with Crippen LogP contribution in [0, 0.1) is 0 Å². The molecule has 0 unspecified atom stereocenters. The molecular formula is C12H16ClNO3. The first-order valence-corrected chi connectivity index (χ1v) is 5.71. The maximum atomic E-state index is 12.1. The summed E-state index contributed by atoms with van der Waals surface area (Å²) in [6, 6.07) is 6.67. The fourth-order valence-corrected chi connectivity index (χ4v) is 1.54. The maximum Gasteiger partial charge on any atom is 0.254 e. The molecule has 0 spiro atoms. The van der Waals surface area contributed by atoms with Gasteiger partial charge in [-0.25, -0.2) is 0 Å². The molecule has 0 heterocycles. The van der Waals surface area contributed by atoms with Gasteiger partial charge in [0.05, 0.1) is 13.2 Å². The summed E-state index contributed by atoms with van der Waals surface area (Å²) in [4.78, 5) is 13.6. The van der Waals surface area contributed by atoms with E-state index in [1.54, 1.807) is 36.3 Å². The van der Waals surface area contributed by atoms with Gasteiger partial charge in [-0.05, 0) is 24.3 Å². The molecule has 94 valence electrons. The molecule has 1 rings (SSSR count). The minimum atomic E-state index is -0.132. The van der Waals surface area contributed by atoms with E-state index in [0.29, 0.717) is 30.3 Å². The highest BCUT2D eigenvalue weighted by molar-refractivity contribution is 6.30. The van der Waals surface area contributed by atoms with E-state index >= 15 is 0 Å². The van der Waals surface area contributed by atoms with Gasteiger partial charge in [-0.1, -0.05) is 11.6 Å². The molecule has 0 fully saturated rings. The molecular weight excluding hydrogens is 242 g/mol. The van der Waals surface area contributed by atoms with Gasteiger partial charge in [0.2, 0.25) is 0 Å². The van der Waals surface area contributed by atoms with Gasteiger partial charge in [0.25, 0.3) is 5.91 Å². The van der Waals surface area contributed by atoms with Crippen molar-refractivity contribution in [2.24, 2.45) is 0 Å². The van der Waals surface area contributed by atoms with Gasteiger partial charge in [-0.15, -0.1) is 0 Å². The SMILES string of the molecule is COCCN(CCO)C(=O)c1ccc(Cl)cc1. The highest BCUT2D eigenvalue weighted by Gasteiger charge is 2.14. The molecule has 1 N–H and O–H groups in total. The van der Waals surface area contributed by atoms with E-state index in [2.05, 4.69) is 0 Å². The standard InChI is InChI=1S/C12H16ClNO3/c1-17-9-7-14(6-8-15)12(16)10-2-4-11(13)5-3-10/h2-5,15H,6-9H2,1H3. The first-order chi connectivity index (χ1) is 8.19. The van der Waals surface area contributed by atoms with Crippen molar-refractivity contribution >= 4 is 17.5 Å². The number of nitrogens with zero attached hydrogens (tertiary/aromatic N) is 1. The first kappa shape index (κ1) is 14.0. The largest absolute Gasteiger partial charge is 0.395 e. The Bertz CT molecular complexity index is 353. The quantitative estimate of drug-likeness (QED) is 0.839. The number of aliphatic hydroxyl groups is 1. The van der Waals surface area contributed by atoms with E-state index in [4.69, 9.17) is 21.4 Å². The van der Waals surface area contributed by atoms with E-state index < -0.39 is 0 Å². The molecule has 0 aliphatic heterocycles. The average Bonchev–Trinajstić information content (AvgIpc) is 2.34. The lowest BCUT2D eigenvalue weighted by molar-refractivity contribution is 0.0656. The number of amides is 1. The van der Waals surface area contributed by atoms with Gasteiger partial charge in [0, 0.05) is 30.8 Å². The van der Waals surface area contributed by atoms with E-state index in [9.17, 15) is 4.79 Å². The zero-order valence-electron chi connectivity index (χ0n) is 9.73. The lowest BCUT2D eigenvalue weighted by Crippen LogP contribution is -2.36. The van der Waals surface area contributed by atoms with E-state index in [0.717, 1.165) is 0 Å². The van der Waals surface area contributed by atoms with Crippen LogP contribution in [0.1, 0.15) is 10.4 Å². The average molecular weight is 258 g/mol. The van der Waals surface area contributed by atoms with Crippen LogP contribution >= 0.6 is 11.6 Å². The summed E-state index contributed by atoms with van der Waals surface area (Å²) in [5, 5.41) is 9.51. The highest BCUT2D eigenvalue weighted by Crippen LogP contribution is 2.11. The van der Waals surface area contributed by atoms with Crippen LogP contribution in [0.2, 0.25) is 5.02 Å². The van der Waals surface area contributed by atoms with Crippen molar-refractivity contribution in [3.63, 3.8) is 0 Å². The number of carbonyl (C=O) groups excluding carboxylic acids is 1. The lowest BCUT2D eigenvalue weighted by Gasteiger charge is -2.21. The third-order valence-corrected chi connectivity index (χ3v) is 2.57. The summed E-state index contributed by atoms with van der Waals surface area (Å²) < 4.78 is 4.93. The van der Waals surface area contributed by atoms with Gasteiger partial charge in [0.15, 0.2) is 0 Å². The van der Waals surface area contributed by atoms with Crippen molar-refractivity contribution in [1.82, 2.24) is 4.90 Å². The zero-order chi connectivity index (χ0) is 12.7. The number of hydrogen-bond acceptors (Lipinski definition) is 3. The lowest BCUT2D eigenvalue weighted by atomic mass is 10.2. The number of methoxy groups -OCH3 is 1. The number of benzene rings is 1. The fraction of sp³-hybridized carbons (Fsp3) is 0.417. The molecule has 0 bridgehead atoms. The summed E-state index contributed by atoms with van der Waals surface area (Å²) in [5.74, 6) is -0.132. The number of carbonyl (C=O) groups is 1. The molecule has 0 aromatic heterocycles. The smallest absolute Gasteiger partial charge is 0.254 e. The number of rotatable bonds is 6. The summed E-state index contributed by atoms with van der Waals surface area (Å²) in [6.45, 7) is 1.13. The van der Waals surface area contributed by atoms with Crippen LogP contribution in [-0.4, -0.2) is 49.3 Å². The van der Waals surface area contributed by atoms with Crippen molar-refractivity contribution in [2.45, 2.75) is 0 Å². The fourth-order valence-electron chi connectivity index (χ4n) is 1.41. The number of halogens is 1. The van der Waals surface area contributed by atoms with Crippen molar-refractivity contribution in [1.29, 1.82) is 0 Å². The predicted molar refractivity (Wildman–Crippen MR) is 66.3 cm³/mol. The van der Waals surface area contributed by atoms with Crippen molar-refractivity contribution in [2.75, 3.05) is 33.4 Å². The highest BCUT2D eigenvalue weighted by atomic mass is 35.5. The molecule has 1 aromatic rings. The molecule has 1 aromatic carbocycles. The molecule has 0 aliphatic carbocycles. The number of aliphatic hydroxyl groups excluding tert-OH is 1. The summed E-state index contributed by atoms with van der Waals surface area (Å²) >= 11 is 5.76. The topological polar surface area (TPSA) is 49.8 Å². The van der Waals surface area contributed by atoms with Crippen LogP contribution in [-0.2, 0) is 4.74 Å². The number of hydrogen-bond donors (Lipinski definition) is 1.